The molecule has 2 bridgehead atoms. The summed E-state index contributed by atoms with van der Waals surface area (Å²) < 4.78 is 48.3. The zero-order valence-corrected chi connectivity index (χ0v) is 17.2. The molecular formula is C21H28FNO4S. The van der Waals surface area contributed by atoms with Gasteiger partial charge in [-0.3, -0.25) is 4.79 Å². The molecule has 28 heavy (non-hydrogen) atoms. The Morgan fingerprint density at radius 2 is 1.96 bits per heavy atom. The molecule has 1 heterocycles. The first-order valence-electron chi connectivity index (χ1n) is 10.0. The molecule has 0 amide bonds. The van der Waals surface area contributed by atoms with Crippen LogP contribution in [0.25, 0.3) is 0 Å². The van der Waals surface area contributed by atoms with E-state index in [2.05, 4.69) is 4.72 Å². The lowest BCUT2D eigenvalue weighted by molar-refractivity contribution is -0.128. The molecule has 0 radical (unpaired) electrons. The van der Waals surface area contributed by atoms with E-state index in [1.54, 1.807) is 12.1 Å². The first-order valence-corrected chi connectivity index (χ1v) is 11.7. The largest absolute Gasteiger partial charge is 0.376 e. The second-order valence-corrected chi connectivity index (χ2v) is 10.9. The SMILES string of the molecule is CC1(C)[C@H]2CC[C@@]1(CS(=O)(=O)N[C@H](c1ccc(F)cc1)[C@@H]1CCCO1)C(=O)C2. The summed E-state index contributed by atoms with van der Waals surface area (Å²) >= 11 is 0. The Morgan fingerprint density at radius 3 is 2.50 bits per heavy atom. The van der Waals surface area contributed by atoms with E-state index < -0.39 is 21.5 Å². The highest BCUT2D eigenvalue weighted by Crippen LogP contribution is 2.64. The molecule has 0 spiro atoms. The van der Waals surface area contributed by atoms with Gasteiger partial charge in [0, 0.05) is 18.4 Å². The summed E-state index contributed by atoms with van der Waals surface area (Å²) in [5.74, 6) is -0.213. The summed E-state index contributed by atoms with van der Waals surface area (Å²) in [5, 5.41) is 0. The number of ketones is 1. The molecule has 2 saturated carbocycles. The highest BCUT2D eigenvalue weighted by Gasteiger charge is 2.65. The predicted molar refractivity (Wildman–Crippen MR) is 104 cm³/mol. The van der Waals surface area contributed by atoms with Crippen LogP contribution in [-0.2, 0) is 19.6 Å². The minimum atomic E-state index is -3.75. The first-order chi connectivity index (χ1) is 13.1. The molecule has 7 heteroatoms. The Morgan fingerprint density at radius 1 is 1.25 bits per heavy atom. The molecule has 4 rings (SSSR count). The van der Waals surface area contributed by atoms with Crippen LogP contribution in [-0.4, -0.2) is 32.7 Å². The van der Waals surface area contributed by atoms with Crippen molar-refractivity contribution in [1.82, 2.24) is 4.72 Å². The number of nitrogens with one attached hydrogen (secondary N) is 1. The van der Waals surface area contributed by atoms with Crippen LogP contribution in [0.1, 0.15) is 57.6 Å². The van der Waals surface area contributed by atoms with Crippen molar-refractivity contribution in [3.63, 3.8) is 0 Å². The molecule has 154 valence electrons. The number of rotatable bonds is 6. The molecule has 3 aliphatic rings. The topological polar surface area (TPSA) is 72.5 Å². The van der Waals surface area contributed by atoms with Gasteiger partial charge in [0.15, 0.2) is 0 Å². The van der Waals surface area contributed by atoms with Gasteiger partial charge in [-0.25, -0.2) is 17.5 Å². The third kappa shape index (κ3) is 3.21. The van der Waals surface area contributed by atoms with Gasteiger partial charge in [0.25, 0.3) is 0 Å². The Labute approximate surface area is 166 Å². The summed E-state index contributed by atoms with van der Waals surface area (Å²) in [7, 11) is -3.75. The number of sulfonamides is 1. The van der Waals surface area contributed by atoms with Gasteiger partial charge in [-0.05, 0) is 54.7 Å². The minimum Gasteiger partial charge on any atom is -0.376 e. The number of carbonyl (C=O) groups is 1. The average Bonchev–Trinajstić information content (AvgIpc) is 3.27. The van der Waals surface area contributed by atoms with E-state index in [-0.39, 0.29) is 34.8 Å². The molecule has 5 nitrogen and oxygen atoms in total. The van der Waals surface area contributed by atoms with Gasteiger partial charge in [-0.2, -0.15) is 0 Å². The molecule has 1 aliphatic heterocycles. The quantitative estimate of drug-likeness (QED) is 0.782. The highest BCUT2D eigenvalue weighted by molar-refractivity contribution is 7.89. The molecule has 3 fully saturated rings. The lowest BCUT2D eigenvalue weighted by Crippen LogP contribution is -2.47. The van der Waals surface area contributed by atoms with Crippen molar-refractivity contribution in [3.8, 4) is 0 Å². The summed E-state index contributed by atoms with van der Waals surface area (Å²) in [6.07, 6.45) is 3.33. The minimum absolute atomic E-state index is 0.0783. The lowest BCUT2D eigenvalue weighted by atomic mass is 9.70. The van der Waals surface area contributed by atoms with Crippen molar-refractivity contribution < 1.29 is 22.3 Å². The van der Waals surface area contributed by atoms with E-state index in [0.29, 0.717) is 25.0 Å². The standard InChI is InChI=1S/C21H28FNO4S/c1-20(2)15-9-10-21(20,18(24)12-15)13-28(25,26)23-19(17-4-3-11-27-17)14-5-7-16(22)8-6-14/h5-8,15,17,19,23H,3-4,9-13H2,1-2H3/t15-,17-,19+,21+/m0/s1. The number of hydrogen-bond donors (Lipinski definition) is 1. The van der Waals surface area contributed by atoms with Crippen LogP contribution in [0.3, 0.4) is 0 Å². The Hall–Kier alpha value is -1.31. The molecule has 0 aromatic heterocycles. The van der Waals surface area contributed by atoms with Crippen LogP contribution in [0.15, 0.2) is 24.3 Å². The molecule has 4 atom stereocenters. The van der Waals surface area contributed by atoms with Crippen molar-refractivity contribution in [2.45, 2.75) is 58.1 Å². The van der Waals surface area contributed by atoms with Gasteiger partial charge >= 0.3 is 0 Å². The predicted octanol–water partition coefficient (Wildman–Crippen LogP) is 3.36. The fourth-order valence-electron chi connectivity index (χ4n) is 5.56. The normalized spacial score (nSPS) is 32.8. The third-order valence-corrected chi connectivity index (χ3v) is 8.93. The number of Topliss-reactive ketones (excluding diaryl/α,β-unsaturated/α-hetero) is 1. The smallest absolute Gasteiger partial charge is 0.213 e. The molecule has 2 aliphatic carbocycles. The van der Waals surface area contributed by atoms with Crippen LogP contribution in [0, 0.1) is 22.6 Å². The van der Waals surface area contributed by atoms with Crippen LogP contribution < -0.4 is 4.72 Å². The summed E-state index contributed by atoms with van der Waals surface area (Å²) in [6, 6.07) is 5.27. The van der Waals surface area contributed by atoms with Gasteiger partial charge < -0.3 is 4.74 Å². The van der Waals surface area contributed by atoms with Gasteiger partial charge in [-0.1, -0.05) is 26.0 Å². The molecule has 1 saturated heterocycles. The van der Waals surface area contributed by atoms with Gasteiger partial charge in [-0.15, -0.1) is 0 Å². The highest BCUT2D eigenvalue weighted by atomic mass is 32.2. The number of fused-ring (bicyclic) bond motifs is 2. The maximum atomic E-state index is 13.4. The monoisotopic (exact) mass is 409 g/mol. The van der Waals surface area contributed by atoms with Crippen LogP contribution in [0.5, 0.6) is 0 Å². The van der Waals surface area contributed by atoms with E-state index in [4.69, 9.17) is 4.74 Å². The second kappa shape index (κ2) is 6.89. The summed E-state index contributed by atoms with van der Waals surface area (Å²) in [5.41, 5.74) is -0.447. The van der Waals surface area contributed by atoms with E-state index in [1.807, 2.05) is 13.8 Å². The van der Waals surface area contributed by atoms with Crippen molar-refractivity contribution in [1.29, 1.82) is 0 Å². The number of benzene rings is 1. The van der Waals surface area contributed by atoms with Gasteiger partial charge in [0.1, 0.15) is 11.6 Å². The van der Waals surface area contributed by atoms with Crippen molar-refractivity contribution in [2.75, 3.05) is 12.4 Å². The van der Waals surface area contributed by atoms with Crippen LogP contribution in [0.2, 0.25) is 0 Å². The first kappa shape index (κ1) is 20.0. The molecule has 0 unspecified atom stereocenters. The van der Waals surface area contributed by atoms with E-state index in [1.165, 1.54) is 12.1 Å². The van der Waals surface area contributed by atoms with E-state index in [9.17, 15) is 17.6 Å². The fraction of sp³-hybridized carbons (Fsp3) is 0.667. The van der Waals surface area contributed by atoms with Crippen molar-refractivity contribution >= 4 is 15.8 Å². The second-order valence-electron chi connectivity index (χ2n) is 9.12. The van der Waals surface area contributed by atoms with Gasteiger partial charge in [0.05, 0.1) is 17.9 Å². The fourth-order valence-corrected chi connectivity index (χ4v) is 7.65. The van der Waals surface area contributed by atoms with E-state index in [0.717, 1.165) is 19.3 Å². The molecule has 1 aromatic rings. The number of hydrogen-bond acceptors (Lipinski definition) is 4. The number of ether oxygens (including phenoxy) is 1. The maximum Gasteiger partial charge on any atom is 0.213 e. The zero-order chi connectivity index (χ0) is 20.2. The van der Waals surface area contributed by atoms with Crippen molar-refractivity contribution in [2.24, 2.45) is 16.7 Å². The average molecular weight is 410 g/mol. The van der Waals surface area contributed by atoms with E-state index >= 15 is 0 Å². The molecule has 1 N–H and O–H groups in total. The summed E-state index contributed by atoms with van der Waals surface area (Å²) in [6.45, 7) is 4.65. The lowest BCUT2D eigenvalue weighted by Gasteiger charge is -2.37. The Kier molecular flexibility index (Phi) is 4.91. The van der Waals surface area contributed by atoms with Crippen molar-refractivity contribution in [3.05, 3.63) is 35.6 Å². The molecule has 1 aromatic carbocycles. The Balaban J connectivity index is 1.61. The number of carbonyl (C=O) groups excluding carboxylic acids is 1. The zero-order valence-electron chi connectivity index (χ0n) is 16.4. The van der Waals surface area contributed by atoms with Gasteiger partial charge in [0.2, 0.25) is 10.0 Å². The van der Waals surface area contributed by atoms with Crippen LogP contribution in [0.4, 0.5) is 4.39 Å². The van der Waals surface area contributed by atoms with Crippen LogP contribution >= 0.6 is 0 Å². The number of halogens is 1. The maximum absolute atomic E-state index is 13.4. The third-order valence-electron chi connectivity index (χ3n) is 7.45. The summed E-state index contributed by atoms with van der Waals surface area (Å²) in [4.78, 5) is 12.7. The Bertz CT molecular complexity index is 861. The molecular weight excluding hydrogens is 381 g/mol.